The van der Waals surface area contributed by atoms with Crippen LogP contribution in [0.15, 0.2) is 40.9 Å². The van der Waals surface area contributed by atoms with Crippen LogP contribution in [0.1, 0.15) is 18.1 Å². The summed E-state index contributed by atoms with van der Waals surface area (Å²) in [4.78, 5) is 0. The van der Waals surface area contributed by atoms with Gasteiger partial charge in [0.1, 0.15) is 12.4 Å². The fourth-order valence-electron chi connectivity index (χ4n) is 2.51. The molecular formula is C20H28BrCl2FN2O3. The number of nitrogens with one attached hydrogen (secondary N) is 2. The van der Waals surface area contributed by atoms with E-state index in [0.29, 0.717) is 36.8 Å². The highest BCUT2D eigenvalue weighted by Gasteiger charge is 2.13. The quantitative estimate of drug-likeness (QED) is 0.373. The van der Waals surface area contributed by atoms with Crippen molar-refractivity contribution in [2.45, 2.75) is 20.1 Å². The van der Waals surface area contributed by atoms with E-state index in [2.05, 4.69) is 26.6 Å². The van der Waals surface area contributed by atoms with Crippen molar-refractivity contribution < 1.29 is 19.0 Å². The Kier molecular flexibility index (Phi) is 15.1. The third-order valence-corrected chi connectivity index (χ3v) is 4.38. The van der Waals surface area contributed by atoms with Gasteiger partial charge in [0.15, 0.2) is 11.5 Å². The maximum atomic E-state index is 13.8. The number of halogens is 4. The van der Waals surface area contributed by atoms with Crippen molar-refractivity contribution in [3.63, 3.8) is 0 Å². The number of hydrogen-bond acceptors (Lipinski definition) is 5. The predicted octanol–water partition coefficient (Wildman–Crippen LogP) is 4.08. The van der Waals surface area contributed by atoms with E-state index in [9.17, 15) is 4.39 Å². The standard InChI is InChI=1S/C20H26BrFN2O3.2ClH/c1-2-26-19-12-15(13-24-8-7-23-9-10-25)11-17(21)20(19)27-14-16-5-3-4-6-18(16)22;;/h3-6,11-12,23-25H,2,7-10,13-14H2,1H3;2*1H. The van der Waals surface area contributed by atoms with E-state index >= 15 is 0 Å². The molecule has 0 amide bonds. The van der Waals surface area contributed by atoms with Crippen LogP contribution in [0.2, 0.25) is 0 Å². The summed E-state index contributed by atoms with van der Waals surface area (Å²) in [6.07, 6.45) is 0. The van der Waals surface area contributed by atoms with Gasteiger partial charge in [0.2, 0.25) is 0 Å². The summed E-state index contributed by atoms with van der Waals surface area (Å²) in [6.45, 7) is 5.51. The van der Waals surface area contributed by atoms with Crippen molar-refractivity contribution in [3.8, 4) is 11.5 Å². The van der Waals surface area contributed by atoms with E-state index in [1.807, 2.05) is 19.1 Å². The molecule has 0 aromatic heterocycles. The molecular weight excluding hydrogens is 486 g/mol. The topological polar surface area (TPSA) is 62.8 Å². The molecule has 0 saturated heterocycles. The number of hydrogen-bond donors (Lipinski definition) is 3. The van der Waals surface area contributed by atoms with Crippen molar-refractivity contribution in [2.75, 3.05) is 32.8 Å². The van der Waals surface area contributed by atoms with Crippen LogP contribution in [0.25, 0.3) is 0 Å². The summed E-state index contributed by atoms with van der Waals surface area (Å²) >= 11 is 3.54. The first kappa shape index (κ1) is 27.9. The third kappa shape index (κ3) is 9.51. The normalized spacial score (nSPS) is 10.1. The fourth-order valence-corrected chi connectivity index (χ4v) is 3.11. The van der Waals surface area contributed by atoms with Crippen LogP contribution in [0.3, 0.4) is 0 Å². The molecule has 0 spiro atoms. The van der Waals surface area contributed by atoms with Gasteiger partial charge in [0, 0.05) is 31.7 Å². The number of aliphatic hydroxyl groups is 1. The Labute approximate surface area is 192 Å². The maximum absolute atomic E-state index is 13.8. The molecule has 0 aliphatic heterocycles. The molecule has 2 aromatic rings. The Morgan fingerprint density at radius 1 is 1.03 bits per heavy atom. The number of aliphatic hydroxyl groups excluding tert-OH is 1. The van der Waals surface area contributed by atoms with E-state index in [4.69, 9.17) is 14.6 Å². The van der Waals surface area contributed by atoms with E-state index in [-0.39, 0.29) is 43.8 Å². The molecule has 5 nitrogen and oxygen atoms in total. The third-order valence-electron chi connectivity index (χ3n) is 3.80. The van der Waals surface area contributed by atoms with Gasteiger partial charge < -0.3 is 25.2 Å². The average molecular weight is 514 g/mol. The van der Waals surface area contributed by atoms with Crippen LogP contribution in [-0.4, -0.2) is 38.0 Å². The van der Waals surface area contributed by atoms with Gasteiger partial charge in [-0.15, -0.1) is 24.8 Å². The number of ether oxygens (including phenoxy) is 2. The second-order valence-corrected chi connectivity index (χ2v) is 6.72. The minimum absolute atomic E-state index is 0. The Bertz CT molecular complexity index is 726. The molecule has 2 aromatic carbocycles. The molecule has 3 N–H and O–H groups in total. The molecule has 0 saturated carbocycles. The van der Waals surface area contributed by atoms with Gasteiger partial charge in [-0.25, -0.2) is 4.39 Å². The van der Waals surface area contributed by atoms with Crippen LogP contribution in [0.4, 0.5) is 4.39 Å². The molecule has 0 unspecified atom stereocenters. The number of benzene rings is 2. The van der Waals surface area contributed by atoms with Gasteiger partial charge in [0.25, 0.3) is 0 Å². The zero-order chi connectivity index (χ0) is 19.5. The monoisotopic (exact) mass is 512 g/mol. The predicted molar refractivity (Wildman–Crippen MR) is 122 cm³/mol. The van der Waals surface area contributed by atoms with E-state index < -0.39 is 0 Å². The summed E-state index contributed by atoms with van der Waals surface area (Å²) in [7, 11) is 0. The zero-order valence-electron chi connectivity index (χ0n) is 16.2. The second-order valence-electron chi connectivity index (χ2n) is 5.87. The molecule has 0 fully saturated rings. The van der Waals surface area contributed by atoms with Gasteiger partial charge in [-0.3, -0.25) is 0 Å². The highest BCUT2D eigenvalue weighted by atomic mass is 79.9. The molecule has 0 aliphatic rings. The summed E-state index contributed by atoms with van der Waals surface area (Å²) < 4.78 is 26.1. The lowest BCUT2D eigenvalue weighted by molar-refractivity contribution is 0.264. The van der Waals surface area contributed by atoms with Crippen LogP contribution < -0.4 is 20.1 Å². The van der Waals surface area contributed by atoms with Crippen molar-refractivity contribution in [1.82, 2.24) is 10.6 Å². The molecule has 0 atom stereocenters. The van der Waals surface area contributed by atoms with Crippen LogP contribution in [-0.2, 0) is 13.2 Å². The average Bonchev–Trinajstić information content (AvgIpc) is 2.65. The van der Waals surface area contributed by atoms with Gasteiger partial charge >= 0.3 is 0 Å². The lowest BCUT2D eigenvalue weighted by Gasteiger charge is -2.16. The lowest BCUT2D eigenvalue weighted by Crippen LogP contribution is -2.28. The number of rotatable bonds is 12. The summed E-state index contributed by atoms with van der Waals surface area (Å²) in [6, 6.07) is 10.5. The van der Waals surface area contributed by atoms with Crippen LogP contribution in [0.5, 0.6) is 11.5 Å². The summed E-state index contributed by atoms with van der Waals surface area (Å²) in [5, 5.41) is 15.2. The Hall–Kier alpha value is -1.09. The Balaban J connectivity index is 0.00000392. The van der Waals surface area contributed by atoms with E-state index in [0.717, 1.165) is 23.1 Å². The zero-order valence-corrected chi connectivity index (χ0v) is 19.5. The maximum Gasteiger partial charge on any atom is 0.175 e. The first-order valence-electron chi connectivity index (χ1n) is 8.99. The molecule has 0 bridgehead atoms. The van der Waals surface area contributed by atoms with Crippen molar-refractivity contribution >= 4 is 40.7 Å². The molecule has 29 heavy (non-hydrogen) atoms. The van der Waals surface area contributed by atoms with Crippen molar-refractivity contribution in [1.29, 1.82) is 0 Å². The summed E-state index contributed by atoms with van der Waals surface area (Å²) in [5.74, 6) is 0.897. The lowest BCUT2D eigenvalue weighted by atomic mass is 10.2. The highest BCUT2D eigenvalue weighted by molar-refractivity contribution is 9.10. The molecule has 2 rings (SSSR count). The van der Waals surface area contributed by atoms with Crippen molar-refractivity contribution in [2.24, 2.45) is 0 Å². The van der Waals surface area contributed by atoms with Gasteiger partial charge in [-0.1, -0.05) is 18.2 Å². The van der Waals surface area contributed by atoms with Crippen LogP contribution in [0, 0.1) is 5.82 Å². The largest absolute Gasteiger partial charge is 0.490 e. The van der Waals surface area contributed by atoms with Gasteiger partial charge in [-0.2, -0.15) is 0 Å². The van der Waals surface area contributed by atoms with E-state index in [1.54, 1.807) is 18.2 Å². The highest BCUT2D eigenvalue weighted by Crippen LogP contribution is 2.37. The van der Waals surface area contributed by atoms with Crippen molar-refractivity contribution in [3.05, 3.63) is 57.8 Å². The molecule has 0 heterocycles. The Morgan fingerprint density at radius 3 is 2.45 bits per heavy atom. The smallest absolute Gasteiger partial charge is 0.175 e. The second kappa shape index (κ2) is 15.7. The molecule has 0 aliphatic carbocycles. The Morgan fingerprint density at radius 2 is 1.76 bits per heavy atom. The fraction of sp³-hybridized carbons (Fsp3) is 0.400. The van der Waals surface area contributed by atoms with Gasteiger partial charge in [0.05, 0.1) is 17.7 Å². The minimum atomic E-state index is -0.290. The molecule has 9 heteroatoms. The SMILES string of the molecule is CCOc1cc(CNCCNCCO)cc(Br)c1OCc1ccccc1F.Cl.Cl. The van der Waals surface area contributed by atoms with E-state index in [1.165, 1.54) is 6.07 Å². The molecule has 0 radical (unpaired) electrons. The summed E-state index contributed by atoms with van der Waals surface area (Å²) in [5.41, 5.74) is 1.54. The minimum Gasteiger partial charge on any atom is -0.490 e. The first-order valence-corrected chi connectivity index (χ1v) is 9.78. The van der Waals surface area contributed by atoms with Crippen LogP contribution >= 0.6 is 40.7 Å². The first-order chi connectivity index (χ1) is 13.2. The van der Waals surface area contributed by atoms with Gasteiger partial charge in [-0.05, 0) is 46.6 Å². The molecule has 164 valence electrons.